The quantitative estimate of drug-likeness (QED) is 0.0822. The maximum Gasteiger partial charge on any atom is 0.343 e. The molecule has 0 aliphatic heterocycles. The Morgan fingerprint density at radius 1 is 0.525 bits per heavy atom. The molecule has 3 aromatic rings. The summed E-state index contributed by atoms with van der Waals surface area (Å²) in [6, 6.07) is 19.6. The van der Waals surface area contributed by atoms with Gasteiger partial charge >= 0.3 is 11.9 Å². The first kappa shape index (κ1) is 30.1. The predicted molar refractivity (Wildman–Crippen MR) is 151 cm³/mol. The maximum atomic E-state index is 12.5. The second kappa shape index (κ2) is 17.2. The third-order valence-electron chi connectivity index (χ3n) is 5.30. The molecule has 8 nitrogen and oxygen atoms in total. The molecule has 0 unspecified atom stereocenters. The van der Waals surface area contributed by atoms with E-state index in [9.17, 15) is 9.59 Å². The fourth-order valence-corrected chi connectivity index (χ4v) is 3.32. The predicted octanol–water partition coefficient (Wildman–Crippen LogP) is 6.07. The van der Waals surface area contributed by atoms with Gasteiger partial charge in [-0.2, -0.15) is 0 Å². The minimum Gasteiger partial charge on any atom is -0.494 e. The molecule has 3 aromatic carbocycles. The van der Waals surface area contributed by atoms with Gasteiger partial charge < -0.3 is 28.4 Å². The Kier molecular flexibility index (Phi) is 13.0. The van der Waals surface area contributed by atoms with Gasteiger partial charge in [-0.25, -0.2) is 9.59 Å². The molecule has 0 aliphatic carbocycles. The number of hydrogen-bond donors (Lipinski definition) is 0. The van der Waals surface area contributed by atoms with Gasteiger partial charge in [0.2, 0.25) is 0 Å². The molecule has 0 spiro atoms. The summed E-state index contributed by atoms with van der Waals surface area (Å²) in [6.07, 6.45) is 4.90. The van der Waals surface area contributed by atoms with Crippen LogP contribution in [0.25, 0.3) is 0 Å². The fraction of sp³-hybridized carbons (Fsp3) is 0.250. The van der Waals surface area contributed by atoms with Crippen LogP contribution >= 0.6 is 0 Å². The number of carbonyl (C=O) groups is 2. The molecule has 40 heavy (non-hydrogen) atoms. The lowest BCUT2D eigenvalue weighted by Crippen LogP contribution is -2.10. The van der Waals surface area contributed by atoms with Crippen molar-refractivity contribution in [1.29, 1.82) is 0 Å². The molecule has 0 aromatic heterocycles. The van der Waals surface area contributed by atoms with Crippen LogP contribution in [0, 0.1) is 0 Å². The molecule has 0 aliphatic rings. The van der Waals surface area contributed by atoms with Gasteiger partial charge in [0.05, 0.1) is 50.8 Å². The smallest absolute Gasteiger partial charge is 0.343 e. The van der Waals surface area contributed by atoms with Crippen LogP contribution in [0.3, 0.4) is 0 Å². The summed E-state index contributed by atoms with van der Waals surface area (Å²) in [5.41, 5.74) is 0.760. The minimum absolute atomic E-state index is 0.320. The van der Waals surface area contributed by atoms with Gasteiger partial charge in [-0.1, -0.05) is 12.2 Å². The molecule has 3 rings (SSSR count). The summed E-state index contributed by atoms with van der Waals surface area (Å²) in [5, 5.41) is 0. The van der Waals surface area contributed by atoms with Crippen molar-refractivity contribution in [3.05, 3.63) is 109 Å². The van der Waals surface area contributed by atoms with E-state index in [1.807, 2.05) is 0 Å². The van der Waals surface area contributed by atoms with Crippen LogP contribution in [0.4, 0.5) is 0 Å². The Balaban J connectivity index is 1.41. The first-order chi connectivity index (χ1) is 19.6. The molecule has 0 saturated carbocycles. The lowest BCUT2D eigenvalue weighted by molar-refractivity contribution is 0.0719. The summed E-state index contributed by atoms with van der Waals surface area (Å²) in [6.45, 7) is 10.4. The molecule has 0 fully saturated rings. The molecule has 0 heterocycles. The summed E-state index contributed by atoms with van der Waals surface area (Å²) in [5.74, 6) is 0.917. The molecule has 0 N–H and O–H groups in total. The number of ether oxygens (including phenoxy) is 6. The van der Waals surface area contributed by atoms with Crippen LogP contribution < -0.4 is 18.9 Å². The van der Waals surface area contributed by atoms with E-state index in [1.54, 1.807) is 84.9 Å². The number of esters is 2. The van der Waals surface area contributed by atoms with Gasteiger partial charge in [-0.3, -0.25) is 0 Å². The zero-order valence-corrected chi connectivity index (χ0v) is 22.4. The van der Waals surface area contributed by atoms with Gasteiger partial charge in [0.1, 0.15) is 23.0 Å². The number of rotatable bonds is 18. The Morgan fingerprint density at radius 2 is 0.875 bits per heavy atom. The van der Waals surface area contributed by atoms with Crippen molar-refractivity contribution in [3.63, 3.8) is 0 Å². The van der Waals surface area contributed by atoms with E-state index in [0.29, 0.717) is 73.8 Å². The van der Waals surface area contributed by atoms with Crippen molar-refractivity contribution in [3.8, 4) is 23.0 Å². The van der Waals surface area contributed by atoms with Crippen LogP contribution in [0.2, 0.25) is 0 Å². The highest BCUT2D eigenvalue weighted by Crippen LogP contribution is 2.21. The highest BCUT2D eigenvalue weighted by atomic mass is 16.5. The van der Waals surface area contributed by atoms with Crippen molar-refractivity contribution in [2.45, 2.75) is 12.8 Å². The fourth-order valence-electron chi connectivity index (χ4n) is 3.32. The maximum absolute atomic E-state index is 12.5. The second-order valence-electron chi connectivity index (χ2n) is 8.43. The first-order valence-corrected chi connectivity index (χ1v) is 13.0. The molecule has 0 amide bonds. The van der Waals surface area contributed by atoms with Gasteiger partial charge in [-0.05, 0) is 72.8 Å². The standard InChI is InChI=1S/C32H34O8/c1-3-19-35-21-5-23-37-27-11-7-25(8-12-27)31(33)39-29-15-17-30(18-16-29)40-32(34)26-9-13-28(14-10-26)38-24-6-22-36-20-4-2/h3-4,7-18H,1-2,5-6,19-24H2. The Hall–Kier alpha value is -4.40. The van der Waals surface area contributed by atoms with E-state index in [-0.39, 0.29) is 0 Å². The lowest BCUT2D eigenvalue weighted by Gasteiger charge is -2.09. The number of benzene rings is 3. The van der Waals surface area contributed by atoms with Crippen LogP contribution in [-0.4, -0.2) is 51.6 Å². The van der Waals surface area contributed by atoms with E-state index in [1.165, 1.54) is 0 Å². The molecule has 0 atom stereocenters. The van der Waals surface area contributed by atoms with Crippen molar-refractivity contribution >= 4 is 11.9 Å². The van der Waals surface area contributed by atoms with Gasteiger partial charge in [0.25, 0.3) is 0 Å². The number of hydrogen-bond acceptors (Lipinski definition) is 8. The van der Waals surface area contributed by atoms with Crippen molar-refractivity contribution in [2.24, 2.45) is 0 Å². The molecule has 8 heteroatoms. The summed E-state index contributed by atoms with van der Waals surface area (Å²) >= 11 is 0. The Morgan fingerprint density at radius 3 is 1.23 bits per heavy atom. The topological polar surface area (TPSA) is 89.5 Å². The second-order valence-corrected chi connectivity index (χ2v) is 8.43. The molecule has 0 radical (unpaired) electrons. The van der Waals surface area contributed by atoms with E-state index < -0.39 is 11.9 Å². The van der Waals surface area contributed by atoms with E-state index >= 15 is 0 Å². The van der Waals surface area contributed by atoms with E-state index in [4.69, 9.17) is 28.4 Å². The molecular weight excluding hydrogens is 512 g/mol. The summed E-state index contributed by atoms with van der Waals surface area (Å²) in [7, 11) is 0. The molecular formula is C32H34O8. The zero-order chi connectivity index (χ0) is 28.4. The third-order valence-corrected chi connectivity index (χ3v) is 5.30. The Labute approximate surface area is 234 Å². The zero-order valence-electron chi connectivity index (χ0n) is 22.4. The highest BCUT2D eigenvalue weighted by Gasteiger charge is 2.12. The van der Waals surface area contributed by atoms with Crippen LogP contribution in [0.5, 0.6) is 23.0 Å². The van der Waals surface area contributed by atoms with Crippen LogP contribution in [0.15, 0.2) is 98.1 Å². The molecule has 0 saturated heterocycles. The minimum atomic E-state index is -0.513. The van der Waals surface area contributed by atoms with Crippen molar-refractivity contribution < 1.29 is 38.0 Å². The van der Waals surface area contributed by atoms with Gasteiger partial charge in [0, 0.05) is 12.8 Å². The number of carbonyl (C=O) groups excluding carboxylic acids is 2. The highest BCUT2D eigenvalue weighted by molar-refractivity contribution is 5.92. The Bertz CT molecular complexity index is 1100. The van der Waals surface area contributed by atoms with Crippen LogP contribution in [0.1, 0.15) is 33.6 Å². The largest absolute Gasteiger partial charge is 0.494 e. The molecule has 0 bridgehead atoms. The van der Waals surface area contributed by atoms with Crippen LogP contribution in [-0.2, 0) is 9.47 Å². The van der Waals surface area contributed by atoms with E-state index in [2.05, 4.69) is 13.2 Å². The van der Waals surface area contributed by atoms with Gasteiger partial charge in [-0.15, -0.1) is 13.2 Å². The van der Waals surface area contributed by atoms with Crippen molar-refractivity contribution in [2.75, 3.05) is 39.6 Å². The average molecular weight is 547 g/mol. The van der Waals surface area contributed by atoms with Crippen molar-refractivity contribution in [1.82, 2.24) is 0 Å². The molecule has 210 valence electrons. The monoisotopic (exact) mass is 546 g/mol. The average Bonchev–Trinajstić information content (AvgIpc) is 2.98. The lowest BCUT2D eigenvalue weighted by atomic mass is 10.2. The normalized spacial score (nSPS) is 10.4. The first-order valence-electron chi connectivity index (χ1n) is 13.0. The SMILES string of the molecule is C=CCOCCCOc1ccc(C(=O)Oc2ccc(OC(=O)c3ccc(OCCCOCC=C)cc3)cc2)cc1. The van der Waals surface area contributed by atoms with Gasteiger partial charge in [0.15, 0.2) is 0 Å². The van der Waals surface area contributed by atoms with E-state index in [0.717, 1.165) is 12.8 Å². The summed E-state index contributed by atoms with van der Waals surface area (Å²) < 4.78 is 32.7. The summed E-state index contributed by atoms with van der Waals surface area (Å²) in [4.78, 5) is 25.0. The third kappa shape index (κ3) is 10.8.